The largest absolute Gasteiger partial charge is 0.361 e. The molecule has 2 amide bonds. The molecule has 0 bridgehead atoms. The maximum Gasteiger partial charge on any atom is 0.243 e. The molecule has 1 aliphatic rings. The molecule has 0 spiro atoms. The minimum Gasteiger partial charge on any atom is -0.361 e. The van der Waals surface area contributed by atoms with Crippen LogP contribution in [0.2, 0.25) is 5.02 Å². The Hall–Kier alpha value is -3.12. The van der Waals surface area contributed by atoms with Crippen LogP contribution >= 0.6 is 11.6 Å². The summed E-state index contributed by atoms with van der Waals surface area (Å²) in [6.07, 6.45) is 2.30. The van der Waals surface area contributed by atoms with Gasteiger partial charge in [0.15, 0.2) is 0 Å². The Bertz CT molecular complexity index is 1110. The van der Waals surface area contributed by atoms with Crippen LogP contribution in [0.4, 0.5) is 0 Å². The molecule has 1 saturated heterocycles. The highest BCUT2D eigenvalue weighted by atomic mass is 35.5. The Morgan fingerprint density at radius 3 is 2.59 bits per heavy atom. The second-order valence-corrected chi connectivity index (χ2v) is 9.59. The molecular formula is C27H30ClN3O3. The van der Waals surface area contributed by atoms with Gasteiger partial charge in [-0.2, -0.15) is 0 Å². The molecule has 0 aliphatic carbocycles. The maximum absolute atomic E-state index is 13.5. The van der Waals surface area contributed by atoms with Gasteiger partial charge in [0.25, 0.3) is 0 Å². The first kappa shape index (κ1) is 24.0. The van der Waals surface area contributed by atoms with Crippen LogP contribution in [0.25, 0.3) is 0 Å². The fourth-order valence-corrected chi connectivity index (χ4v) is 4.69. The first-order valence-corrected chi connectivity index (χ1v) is 12.1. The van der Waals surface area contributed by atoms with Crippen molar-refractivity contribution in [3.05, 3.63) is 88.3 Å². The third-order valence-corrected chi connectivity index (χ3v) is 6.54. The molecule has 3 unspecified atom stereocenters. The number of benzene rings is 2. The van der Waals surface area contributed by atoms with Crippen molar-refractivity contribution in [2.24, 2.45) is 5.92 Å². The smallest absolute Gasteiger partial charge is 0.243 e. The van der Waals surface area contributed by atoms with E-state index in [0.29, 0.717) is 23.7 Å². The molecule has 178 valence electrons. The number of halogens is 1. The van der Waals surface area contributed by atoms with Crippen molar-refractivity contribution in [3.63, 3.8) is 0 Å². The van der Waals surface area contributed by atoms with E-state index < -0.39 is 6.04 Å². The number of aromatic nitrogens is 1. The van der Waals surface area contributed by atoms with Crippen LogP contribution in [0.5, 0.6) is 0 Å². The first-order valence-electron chi connectivity index (χ1n) is 11.7. The average Bonchev–Trinajstić information content (AvgIpc) is 3.43. The molecule has 0 radical (unpaired) electrons. The van der Waals surface area contributed by atoms with E-state index in [-0.39, 0.29) is 30.2 Å². The Morgan fingerprint density at radius 1 is 1.18 bits per heavy atom. The van der Waals surface area contributed by atoms with Crippen molar-refractivity contribution < 1.29 is 14.1 Å². The minimum absolute atomic E-state index is 0.103. The van der Waals surface area contributed by atoms with E-state index in [4.69, 9.17) is 16.1 Å². The molecule has 1 N–H and O–H groups in total. The van der Waals surface area contributed by atoms with Crippen LogP contribution in [-0.4, -0.2) is 34.5 Å². The number of aryl methyl sites for hydroxylation is 2. The number of hydrogen-bond acceptors (Lipinski definition) is 4. The van der Waals surface area contributed by atoms with Gasteiger partial charge in [0.2, 0.25) is 11.8 Å². The highest BCUT2D eigenvalue weighted by Crippen LogP contribution is 2.27. The van der Waals surface area contributed by atoms with Gasteiger partial charge in [0.1, 0.15) is 11.8 Å². The summed E-state index contributed by atoms with van der Waals surface area (Å²) in [4.78, 5) is 28.2. The monoisotopic (exact) mass is 479 g/mol. The normalized spacial score (nSPS) is 18.6. The highest BCUT2D eigenvalue weighted by Gasteiger charge is 2.38. The zero-order chi connectivity index (χ0) is 24.1. The van der Waals surface area contributed by atoms with Crippen LogP contribution in [-0.2, 0) is 22.4 Å². The van der Waals surface area contributed by atoms with Gasteiger partial charge in [-0.1, -0.05) is 66.1 Å². The van der Waals surface area contributed by atoms with Crippen LogP contribution in [0, 0.1) is 12.8 Å². The van der Waals surface area contributed by atoms with Crippen molar-refractivity contribution in [3.8, 4) is 0 Å². The van der Waals surface area contributed by atoms with Crippen molar-refractivity contribution in [2.75, 3.05) is 6.54 Å². The number of hydrogen-bond donors (Lipinski definition) is 1. The Kier molecular flexibility index (Phi) is 7.68. The fraction of sp³-hybridized carbons (Fsp3) is 0.370. The van der Waals surface area contributed by atoms with E-state index in [0.717, 1.165) is 24.1 Å². The fourth-order valence-electron chi connectivity index (χ4n) is 4.56. The lowest BCUT2D eigenvalue weighted by molar-refractivity contribution is -0.138. The summed E-state index contributed by atoms with van der Waals surface area (Å²) >= 11 is 6.09. The van der Waals surface area contributed by atoms with E-state index in [1.165, 1.54) is 5.56 Å². The summed E-state index contributed by atoms with van der Waals surface area (Å²) in [5.41, 5.74) is 2.94. The number of nitrogens with zero attached hydrogens (tertiary/aromatic N) is 2. The number of nitrogens with one attached hydrogen (secondary N) is 1. The molecule has 3 atom stereocenters. The Morgan fingerprint density at radius 2 is 1.91 bits per heavy atom. The molecule has 2 heterocycles. The molecule has 4 rings (SSSR count). The topological polar surface area (TPSA) is 75.4 Å². The third kappa shape index (κ3) is 6.06. The van der Waals surface area contributed by atoms with Gasteiger partial charge < -0.3 is 14.7 Å². The van der Waals surface area contributed by atoms with Crippen molar-refractivity contribution in [2.45, 2.75) is 51.6 Å². The van der Waals surface area contributed by atoms with E-state index in [2.05, 4.69) is 29.5 Å². The summed E-state index contributed by atoms with van der Waals surface area (Å²) in [5, 5.41) is 7.74. The molecular weight excluding hydrogens is 450 g/mol. The second-order valence-electron chi connectivity index (χ2n) is 9.15. The van der Waals surface area contributed by atoms with Crippen molar-refractivity contribution in [1.29, 1.82) is 0 Å². The van der Waals surface area contributed by atoms with Gasteiger partial charge in [-0.3, -0.25) is 9.59 Å². The van der Waals surface area contributed by atoms with Crippen molar-refractivity contribution >= 4 is 23.4 Å². The van der Waals surface area contributed by atoms with Crippen LogP contribution < -0.4 is 5.32 Å². The molecule has 7 heteroatoms. The molecule has 3 aromatic rings. The van der Waals surface area contributed by atoms with Gasteiger partial charge in [0, 0.05) is 17.6 Å². The lowest BCUT2D eigenvalue weighted by Gasteiger charge is -2.27. The van der Waals surface area contributed by atoms with Gasteiger partial charge in [-0.25, -0.2) is 0 Å². The number of carbonyl (C=O) groups is 2. The molecule has 6 nitrogen and oxygen atoms in total. The average molecular weight is 480 g/mol. The lowest BCUT2D eigenvalue weighted by atomic mass is 9.98. The van der Waals surface area contributed by atoms with E-state index >= 15 is 0 Å². The maximum atomic E-state index is 13.5. The standard InChI is InChI=1S/C27H30ClN3O3/c1-18-14-25(31(17-18)26(32)16-23-15-19(2)30-34-23)27(33)29-24(21-9-11-22(28)12-10-21)13-8-20-6-4-3-5-7-20/h3-7,9-12,15,18,24-25H,8,13-14,16-17H2,1-2H3,(H,29,33). The summed E-state index contributed by atoms with van der Waals surface area (Å²) in [5.74, 6) is 0.519. The molecule has 1 fully saturated rings. The van der Waals surface area contributed by atoms with Gasteiger partial charge in [-0.05, 0) is 55.4 Å². The third-order valence-electron chi connectivity index (χ3n) is 6.29. The quantitative estimate of drug-likeness (QED) is 0.498. The second kappa shape index (κ2) is 10.9. The van der Waals surface area contributed by atoms with Gasteiger partial charge >= 0.3 is 0 Å². The zero-order valence-electron chi connectivity index (χ0n) is 19.5. The van der Waals surface area contributed by atoms with Crippen molar-refractivity contribution in [1.82, 2.24) is 15.4 Å². The summed E-state index contributed by atoms with van der Waals surface area (Å²) in [7, 11) is 0. The van der Waals surface area contributed by atoms with Gasteiger partial charge in [0.05, 0.1) is 18.2 Å². The molecule has 0 saturated carbocycles. The number of amides is 2. The summed E-state index contributed by atoms with van der Waals surface area (Å²) in [6.45, 7) is 4.44. The number of carbonyl (C=O) groups excluding carboxylic acids is 2. The highest BCUT2D eigenvalue weighted by molar-refractivity contribution is 6.30. The van der Waals surface area contributed by atoms with E-state index in [9.17, 15) is 9.59 Å². The number of rotatable bonds is 8. The number of likely N-dealkylation sites (tertiary alicyclic amines) is 1. The molecule has 34 heavy (non-hydrogen) atoms. The molecule has 1 aromatic heterocycles. The minimum atomic E-state index is -0.502. The lowest BCUT2D eigenvalue weighted by Crippen LogP contribution is -2.47. The predicted octanol–water partition coefficient (Wildman–Crippen LogP) is 4.91. The zero-order valence-corrected chi connectivity index (χ0v) is 20.3. The predicted molar refractivity (Wildman–Crippen MR) is 131 cm³/mol. The van der Waals surface area contributed by atoms with Crippen LogP contribution in [0.1, 0.15) is 48.4 Å². The first-order chi connectivity index (χ1) is 16.4. The molecule has 1 aliphatic heterocycles. The summed E-state index contributed by atoms with van der Waals surface area (Å²) in [6, 6.07) is 18.9. The van der Waals surface area contributed by atoms with E-state index in [1.54, 1.807) is 11.0 Å². The Labute approximate surface area is 205 Å². The molecule has 2 aromatic carbocycles. The van der Waals surface area contributed by atoms with E-state index in [1.807, 2.05) is 49.4 Å². The Balaban J connectivity index is 1.48. The van der Waals surface area contributed by atoms with Crippen LogP contribution in [0.15, 0.2) is 65.2 Å². The van der Waals surface area contributed by atoms with Crippen LogP contribution in [0.3, 0.4) is 0 Å². The SMILES string of the molecule is Cc1cc(CC(=O)N2CC(C)CC2C(=O)NC(CCc2ccccc2)c2ccc(Cl)cc2)on1. The summed E-state index contributed by atoms with van der Waals surface area (Å²) < 4.78 is 5.21. The van der Waals surface area contributed by atoms with Gasteiger partial charge in [-0.15, -0.1) is 0 Å².